The summed E-state index contributed by atoms with van der Waals surface area (Å²) in [5.74, 6) is 1.64. The maximum absolute atomic E-state index is 12.6. The minimum Gasteiger partial charge on any atom is -0.377 e. The molecule has 4 aliphatic rings. The maximum Gasteiger partial charge on any atom is 0.178 e. The number of allylic oxidation sites excluding steroid dienone is 6. The van der Waals surface area contributed by atoms with E-state index in [0.717, 1.165) is 32.1 Å². The van der Waals surface area contributed by atoms with Crippen molar-refractivity contribution in [3.63, 3.8) is 0 Å². The molecular formula is C22H28O3. The summed E-state index contributed by atoms with van der Waals surface area (Å²) in [6.07, 6.45) is 13.3. The maximum atomic E-state index is 12.6. The molecule has 3 nitrogen and oxygen atoms in total. The molecule has 2 saturated carbocycles. The van der Waals surface area contributed by atoms with E-state index in [1.807, 2.05) is 6.08 Å². The highest BCUT2D eigenvalue weighted by atomic mass is 16.5. The molecule has 5 unspecified atom stereocenters. The fraction of sp³-hybridized carbons (Fsp3) is 0.636. The van der Waals surface area contributed by atoms with Crippen molar-refractivity contribution in [1.29, 1.82) is 0 Å². The lowest BCUT2D eigenvalue weighted by Gasteiger charge is -2.52. The third kappa shape index (κ3) is 2.35. The lowest BCUT2D eigenvalue weighted by molar-refractivity contribution is -0.130. The number of Topliss-reactive ketones (excluding diaryl/α,β-unsaturated/α-hetero) is 1. The standard InChI is InChI=1S/C22H28O3/c1-21-10-8-15(23)12-14(21)4-5-16-17-6-7-19(20(24)13-25-3)22(17,2)11-9-18(16)21/h8-10,12,16-17,19H,4-7,11,13H2,1-3H3. The highest BCUT2D eigenvalue weighted by Gasteiger charge is 2.56. The molecule has 5 atom stereocenters. The highest BCUT2D eigenvalue weighted by molar-refractivity contribution is 6.01. The van der Waals surface area contributed by atoms with E-state index >= 15 is 0 Å². The fourth-order valence-corrected chi connectivity index (χ4v) is 6.29. The molecule has 0 N–H and O–H groups in total. The van der Waals surface area contributed by atoms with Gasteiger partial charge in [-0.1, -0.05) is 30.2 Å². The van der Waals surface area contributed by atoms with Crippen LogP contribution in [-0.2, 0) is 14.3 Å². The van der Waals surface area contributed by atoms with E-state index in [-0.39, 0.29) is 34.9 Å². The van der Waals surface area contributed by atoms with E-state index in [1.165, 1.54) is 11.1 Å². The largest absolute Gasteiger partial charge is 0.377 e. The lowest BCUT2D eigenvalue weighted by Crippen LogP contribution is -2.45. The van der Waals surface area contributed by atoms with E-state index in [4.69, 9.17) is 4.74 Å². The Bertz CT molecular complexity index is 713. The molecule has 0 aliphatic heterocycles. The third-order valence-electron chi connectivity index (χ3n) is 7.62. The smallest absolute Gasteiger partial charge is 0.178 e. The molecule has 0 radical (unpaired) electrons. The van der Waals surface area contributed by atoms with Crippen LogP contribution in [0.3, 0.4) is 0 Å². The molecule has 0 saturated heterocycles. The van der Waals surface area contributed by atoms with Gasteiger partial charge in [0.05, 0.1) is 0 Å². The van der Waals surface area contributed by atoms with Gasteiger partial charge in [-0.25, -0.2) is 0 Å². The number of methoxy groups -OCH3 is 1. The predicted molar refractivity (Wildman–Crippen MR) is 97.0 cm³/mol. The van der Waals surface area contributed by atoms with Crippen LogP contribution < -0.4 is 0 Å². The topological polar surface area (TPSA) is 43.4 Å². The number of fused-ring (bicyclic) bond motifs is 5. The van der Waals surface area contributed by atoms with E-state index < -0.39 is 0 Å². The predicted octanol–water partition coefficient (Wildman–Crippen LogP) is 4.05. The van der Waals surface area contributed by atoms with Gasteiger partial charge in [0.25, 0.3) is 0 Å². The Morgan fingerprint density at radius 1 is 1.28 bits per heavy atom. The van der Waals surface area contributed by atoms with Crippen molar-refractivity contribution in [3.8, 4) is 0 Å². The summed E-state index contributed by atoms with van der Waals surface area (Å²) in [5, 5.41) is 0. The molecular weight excluding hydrogens is 312 g/mol. The molecule has 0 heterocycles. The molecule has 2 fully saturated rings. The zero-order chi connectivity index (χ0) is 17.8. The summed E-state index contributed by atoms with van der Waals surface area (Å²) in [7, 11) is 1.61. The van der Waals surface area contributed by atoms with Gasteiger partial charge in [-0.2, -0.15) is 0 Å². The van der Waals surface area contributed by atoms with Crippen molar-refractivity contribution in [3.05, 3.63) is 35.5 Å². The van der Waals surface area contributed by atoms with Crippen molar-refractivity contribution < 1.29 is 14.3 Å². The Labute approximate surface area is 150 Å². The molecule has 25 heavy (non-hydrogen) atoms. The van der Waals surface area contributed by atoms with Gasteiger partial charge in [-0.05, 0) is 68.4 Å². The second-order valence-electron chi connectivity index (χ2n) is 8.76. The zero-order valence-corrected chi connectivity index (χ0v) is 15.5. The van der Waals surface area contributed by atoms with Crippen molar-refractivity contribution in [1.82, 2.24) is 0 Å². The molecule has 0 amide bonds. The second kappa shape index (κ2) is 5.77. The monoisotopic (exact) mass is 340 g/mol. The average molecular weight is 340 g/mol. The quantitative estimate of drug-likeness (QED) is 0.728. The molecule has 0 aromatic heterocycles. The molecule has 3 heteroatoms. The lowest BCUT2D eigenvalue weighted by atomic mass is 9.52. The van der Waals surface area contributed by atoms with Gasteiger partial charge in [-0.3, -0.25) is 9.59 Å². The first-order chi connectivity index (χ1) is 11.9. The number of rotatable bonds is 3. The third-order valence-corrected chi connectivity index (χ3v) is 7.62. The number of hydrogen-bond donors (Lipinski definition) is 0. The number of carbonyl (C=O) groups excluding carboxylic acids is 2. The van der Waals surface area contributed by atoms with Gasteiger partial charge in [0.1, 0.15) is 6.61 Å². The van der Waals surface area contributed by atoms with Crippen LogP contribution in [-0.4, -0.2) is 25.3 Å². The molecule has 134 valence electrons. The van der Waals surface area contributed by atoms with Crippen LogP contribution >= 0.6 is 0 Å². The summed E-state index contributed by atoms with van der Waals surface area (Å²) in [5.41, 5.74) is 2.75. The van der Waals surface area contributed by atoms with E-state index in [9.17, 15) is 9.59 Å². The number of ketones is 2. The van der Waals surface area contributed by atoms with Crippen LogP contribution in [0.5, 0.6) is 0 Å². The first-order valence-electron chi connectivity index (χ1n) is 9.56. The van der Waals surface area contributed by atoms with Crippen LogP contribution in [0.2, 0.25) is 0 Å². The molecule has 4 rings (SSSR count). The minimum absolute atomic E-state index is 0.0650. The molecule has 0 bridgehead atoms. The van der Waals surface area contributed by atoms with Crippen LogP contribution in [0.4, 0.5) is 0 Å². The van der Waals surface area contributed by atoms with Gasteiger partial charge in [0, 0.05) is 18.4 Å². The van der Waals surface area contributed by atoms with Crippen molar-refractivity contribution in [2.24, 2.45) is 28.6 Å². The normalized spacial score (nSPS) is 42.2. The van der Waals surface area contributed by atoms with Crippen LogP contribution in [0.15, 0.2) is 35.5 Å². The number of hydrogen-bond acceptors (Lipinski definition) is 3. The van der Waals surface area contributed by atoms with Crippen LogP contribution in [0.25, 0.3) is 0 Å². The van der Waals surface area contributed by atoms with Gasteiger partial charge in [0.15, 0.2) is 11.6 Å². The molecule has 0 spiro atoms. The Balaban J connectivity index is 1.69. The minimum atomic E-state index is -0.0905. The van der Waals surface area contributed by atoms with Gasteiger partial charge >= 0.3 is 0 Å². The first-order valence-corrected chi connectivity index (χ1v) is 9.56. The van der Waals surface area contributed by atoms with E-state index in [2.05, 4.69) is 26.0 Å². The van der Waals surface area contributed by atoms with Crippen molar-refractivity contribution in [2.45, 2.75) is 46.0 Å². The Hall–Kier alpha value is -1.48. The zero-order valence-electron chi connectivity index (χ0n) is 15.5. The molecule has 0 aromatic carbocycles. The Morgan fingerprint density at radius 2 is 2.08 bits per heavy atom. The Morgan fingerprint density at radius 3 is 2.84 bits per heavy atom. The van der Waals surface area contributed by atoms with Crippen LogP contribution in [0.1, 0.15) is 46.0 Å². The van der Waals surface area contributed by atoms with Gasteiger partial charge < -0.3 is 4.74 Å². The number of carbonyl (C=O) groups is 2. The van der Waals surface area contributed by atoms with E-state index in [0.29, 0.717) is 11.8 Å². The summed E-state index contributed by atoms with van der Waals surface area (Å²) in [4.78, 5) is 24.4. The summed E-state index contributed by atoms with van der Waals surface area (Å²) in [6.45, 7) is 4.83. The van der Waals surface area contributed by atoms with Gasteiger partial charge in [-0.15, -0.1) is 0 Å². The summed E-state index contributed by atoms with van der Waals surface area (Å²) in [6, 6.07) is 0. The summed E-state index contributed by atoms with van der Waals surface area (Å²) < 4.78 is 5.13. The SMILES string of the molecule is COCC(=O)C1CCC2C3CCC4=CC(=O)C=CC4(C)C3=CCC12C. The van der Waals surface area contributed by atoms with E-state index in [1.54, 1.807) is 13.2 Å². The van der Waals surface area contributed by atoms with Crippen molar-refractivity contribution >= 4 is 11.6 Å². The summed E-state index contributed by atoms with van der Waals surface area (Å²) >= 11 is 0. The first kappa shape index (κ1) is 17.0. The highest BCUT2D eigenvalue weighted by Crippen LogP contribution is 2.63. The average Bonchev–Trinajstić information content (AvgIpc) is 2.93. The van der Waals surface area contributed by atoms with Crippen LogP contribution in [0, 0.1) is 28.6 Å². The molecule has 4 aliphatic carbocycles. The van der Waals surface area contributed by atoms with Gasteiger partial charge in [0.2, 0.25) is 0 Å². The molecule has 0 aromatic rings. The van der Waals surface area contributed by atoms with Crippen molar-refractivity contribution in [2.75, 3.05) is 13.7 Å². The Kier molecular flexibility index (Phi) is 3.91. The fourth-order valence-electron chi connectivity index (χ4n) is 6.29. The number of ether oxygens (including phenoxy) is 1. The second-order valence-corrected chi connectivity index (χ2v) is 8.76.